The Balaban J connectivity index is 1.98. The first-order chi connectivity index (χ1) is 10.7. The molecular weight excluding hydrogens is 300 g/mol. The van der Waals surface area contributed by atoms with Gasteiger partial charge >= 0.3 is 12.1 Å². The molecule has 1 amide bonds. The second-order valence-electron chi connectivity index (χ2n) is 6.66. The fraction of sp³-hybridized carbons (Fsp3) is 0.733. The number of esters is 1. The van der Waals surface area contributed by atoms with Gasteiger partial charge in [0.15, 0.2) is 5.69 Å². The van der Waals surface area contributed by atoms with E-state index in [0.717, 1.165) is 12.8 Å². The smallest absolute Gasteiger partial charge is 0.410 e. The maximum atomic E-state index is 12.1. The van der Waals surface area contributed by atoms with Gasteiger partial charge in [-0.15, -0.1) is 5.10 Å². The lowest BCUT2D eigenvalue weighted by Gasteiger charge is -2.33. The summed E-state index contributed by atoms with van der Waals surface area (Å²) in [7, 11) is 1.32. The van der Waals surface area contributed by atoms with Crippen molar-refractivity contribution in [3.8, 4) is 0 Å². The molecule has 1 fully saturated rings. The number of hydrogen-bond donors (Lipinski definition) is 0. The number of amides is 1. The Morgan fingerprint density at radius 3 is 2.35 bits per heavy atom. The molecule has 23 heavy (non-hydrogen) atoms. The van der Waals surface area contributed by atoms with E-state index in [9.17, 15) is 9.59 Å². The maximum Gasteiger partial charge on any atom is 0.410 e. The highest BCUT2D eigenvalue weighted by molar-refractivity contribution is 5.88. The topological polar surface area (TPSA) is 86.5 Å². The fourth-order valence-corrected chi connectivity index (χ4v) is 2.59. The standard InChI is InChI=1S/C15H24N4O4/c1-10-12(13(20)22-5)16-17-19(10)11-6-8-18(9-7-11)14(21)23-15(2,3)4/h11H,6-9H2,1-5H3. The van der Waals surface area contributed by atoms with Gasteiger partial charge in [-0.1, -0.05) is 5.21 Å². The lowest BCUT2D eigenvalue weighted by Crippen LogP contribution is -2.42. The monoisotopic (exact) mass is 324 g/mol. The molecule has 0 unspecified atom stereocenters. The van der Waals surface area contributed by atoms with Gasteiger partial charge in [-0.05, 0) is 40.5 Å². The van der Waals surface area contributed by atoms with Crippen LogP contribution in [0, 0.1) is 6.92 Å². The molecule has 0 aliphatic carbocycles. The van der Waals surface area contributed by atoms with E-state index < -0.39 is 11.6 Å². The zero-order valence-corrected chi connectivity index (χ0v) is 14.3. The highest BCUT2D eigenvalue weighted by atomic mass is 16.6. The van der Waals surface area contributed by atoms with E-state index in [1.54, 1.807) is 16.5 Å². The van der Waals surface area contributed by atoms with E-state index in [1.165, 1.54) is 7.11 Å². The molecule has 1 aromatic rings. The Bertz CT molecular complexity index is 583. The van der Waals surface area contributed by atoms with Crippen molar-refractivity contribution in [3.63, 3.8) is 0 Å². The highest BCUT2D eigenvalue weighted by Gasteiger charge is 2.29. The minimum absolute atomic E-state index is 0.111. The van der Waals surface area contributed by atoms with E-state index in [-0.39, 0.29) is 17.8 Å². The van der Waals surface area contributed by atoms with Crippen molar-refractivity contribution in [1.29, 1.82) is 0 Å². The highest BCUT2D eigenvalue weighted by Crippen LogP contribution is 2.25. The van der Waals surface area contributed by atoms with Gasteiger partial charge in [-0.2, -0.15) is 0 Å². The van der Waals surface area contributed by atoms with Crippen LogP contribution in [0.15, 0.2) is 0 Å². The number of hydrogen-bond acceptors (Lipinski definition) is 6. The number of likely N-dealkylation sites (tertiary alicyclic amines) is 1. The Kier molecular flexibility index (Phi) is 4.91. The van der Waals surface area contributed by atoms with Crippen LogP contribution < -0.4 is 0 Å². The summed E-state index contributed by atoms with van der Waals surface area (Å²) in [5.41, 5.74) is 0.431. The Labute approximate surface area is 135 Å². The van der Waals surface area contributed by atoms with E-state index >= 15 is 0 Å². The molecule has 0 atom stereocenters. The number of ether oxygens (including phenoxy) is 2. The van der Waals surface area contributed by atoms with Crippen LogP contribution in [-0.2, 0) is 9.47 Å². The van der Waals surface area contributed by atoms with E-state index in [2.05, 4.69) is 15.0 Å². The van der Waals surface area contributed by atoms with Gasteiger partial charge < -0.3 is 14.4 Å². The molecule has 8 heteroatoms. The second-order valence-corrected chi connectivity index (χ2v) is 6.66. The average Bonchev–Trinajstić information content (AvgIpc) is 2.86. The van der Waals surface area contributed by atoms with Gasteiger partial charge in [0.25, 0.3) is 0 Å². The van der Waals surface area contributed by atoms with Gasteiger partial charge in [0, 0.05) is 13.1 Å². The molecule has 2 rings (SSSR count). The van der Waals surface area contributed by atoms with Crippen LogP contribution in [0.2, 0.25) is 0 Å². The van der Waals surface area contributed by atoms with Gasteiger partial charge in [0.05, 0.1) is 18.8 Å². The van der Waals surface area contributed by atoms with Crippen molar-refractivity contribution in [2.75, 3.05) is 20.2 Å². The van der Waals surface area contributed by atoms with Crippen LogP contribution in [0.3, 0.4) is 0 Å². The molecule has 1 saturated heterocycles. The Morgan fingerprint density at radius 1 is 1.22 bits per heavy atom. The molecule has 0 aromatic carbocycles. The van der Waals surface area contributed by atoms with Crippen molar-refractivity contribution >= 4 is 12.1 Å². The lowest BCUT2D eigenvalue weighted by atomic mass is 10.1. The van der Waals surface area contributed by atoms with Crippen LogP contribution in [0.4, 0.5) is 4.79 Å². The first-order valence-electron chi connectivity index (χ1n) is 7.71. The maximum absolute atomic E-state index is 12.1. The molecule has 0 N–H and O–H groups in total. The minimum Gasteiger partial charge on any atom is -0.464 e. The molecule has 128 valence electrons. The van der Waals surface area contributed by atoms with Crippen molar-refractivity contribution in [2.45, 2.75) is 52.2 Å². The fourth-order valence-electron chi connectivity index (χ4n) is 2.59. The number of nitrogens with zero attached hydrogens (tertiary/aromatic N) is 4. The molecule has 1 aliphatic rings. The predicted octanol–water partition coefficient (Wildman–Crippen LogP) is 1.95. The van der Waals surface area contributed by atoms with Crippen molar-refractivity contribution in [3.05, 3.63) is 11.4 Å². The third-order valence-corrected chi connectivity index (χ3v) is 3.77. The summed E-state index contributed by atoms with van der Waals surface area (Å²) in [5.74, 6) is -0.486. The van der Waals surface area contributed by atoms with E-state index in [0.29, 0.717) is 18.8 Å². The quantitative estimate of drug-likeness (QED) is 0.773. The number of methoxy groups -OCH3 is 1. The van der Waals surface area contributed by atoms with Crippen molar-refractivity contribution in [2.24, 2.45) is 0 Å². The molecule has 0 radical (unpaired) electrons. The van der Waals surface area contributed by atoms with Gasteiger partial charge in [0.2, 0.25) is 0 Å². The zero-order valence-electron chi connectivity index (χ0n) is 14.3. The number of rotatable bonds is 2. The van der Waals surface area contributed by atoms with Crippen LogP contribution in [0.1, 0.15) is 55.8 Å². The summed E-state index contributed by atoms with van der Waals surface area (Å²) in [6.07, 6.45) is 1.19. The van der Waals surface area contributed by atoms with Crippen molar-refractivity contribution in [1.82, 2.24) is 19.9 Å². The summed E-state index contributed by atoms with van der Waals surface area (Å²) in [5, 5.41) is 7.97. The molecule has 8 nitrogen and oxygen atoms in total. The number of aromatic nitrogens is 3. The number of carbonyl (C=O) groups excluding carboxylic acids is 2. The third kappa shape index (κ3) is 4.00. The molecular formula is C15H24N4O4. The molecule has 1 aliphatic heterocycles. The molecule has 1 aromatic heterocycles. The van der Waals surface area contributed by atoms with Crippen LogP contribution in [-0.4, -0.2) is 57.8 Å². The first kappa shape index (κ1) is 17.2. The Hall–Kier alpha value is -2.12. The van der Waals surface area contributed by atoms with Crippen LogP contribution >= 0.6 is 0 Å². The predicted molar refractivity (Wildman–Crippen MR) is 82.2 cm³/mol. The van der Waals surface area contributed by atoms with Crippen LogP contribution in [0.25, 0.3) is 0 Å². The summed E-state index contributed by atoms with van der Waals surface area (Å²) in [6, 6.07) is 0.111. The first-order valence-corrected chi connectivity index (χ1v) is 7.71. The SMILES string of the molecule is COC(=O)c1nnn(C2CCN(C(=O)OC(C)(C)C)CC2)c1C. The number of piperidine rings is 1. The normalized spacial score (nSPS) is 16.3. The van der Waals surface area contributed by atoms with E-state index in [4.69, 9.17) is 4.74 Å². The average molecular weight is 324 g/mol. The Morgan fingerprint density at radius 2 is 1.83 bits per heavy atom. The van der Waals surface area contributed by atoms with Crippen molar-refractivity contribution < 1.29 is 19.1 Å². The van der Waals surface area contributed by atoms with Gasteiger partial charge in [-0.25, -0.2) is 14.3 Å². The van der Waals surface area contributed by atoms with Gasteiger partial charge in [0.1, 0.15) is 5.60 Å². The summed E-state index contributed by atoms with van der Waals surface area (Å²) in [6.45, 7) is 8.53. The molecule has 0 bridgehead atoms. The van der Waals surface area contributed by atoms with Crippen LogP contribution in [0.5, 0.6) is 0 Å². The summed E-state index contributed by atoms with van der Waals surface area (Å²) >= 11 is 0. The largest absolute Gasteiger partial charge is 0.464 e. The lowest BCUT2D eigenvalue weighted by molar-refractivity contribution is 0.0183. The van der Waals surface area contributed by atoms with Gasteiger partial charge in [-0.3, -0.25) is 0 Å². The molecule has 0 spiro atoms. The third-order valence-electron chi connectivity index (χ3n) is 3.77. The zero-order chi connectivity index (χ0) is 17.2. The number of carbonyl (C=O) groups is 2. The minimum atomic E-state index is -0.494. The molecule has 0 saturated carbocycles. The summed E-state index contributed by atoms with van der Waals surface area (Å²) in [4.78, 5) is 25.4. The molecule has 2 heterocycles. The summed E-state index contributed by atoms with van der Waals surface area (Å²) < 4.78 is 11.8. The van der Waals surface area contributed by atoms with E-state index in [1.807, 2.05) is 20.8 Å². The second kappa shape index (κ2) is 6.55.